The van der Waals surface area contributed by atoms with Crippen molar-refractivity contribution in [3.8, 4) is 0 Å². The van der Waals surface area contributed by atoms with Crippen molar-refractivity contribution in [3.05, 3.63) is 41.6 Å². The minimum Gasteiger partial charge on any atom is -0.370 e. The van der Waals surface area contributed by atoms with E-state index in [1.54, 1.807) is 12.1 Å². The van der Waals surface area contributed by atoms with Crippen LogP contribution >= 0.6 is 11.6 Å². The van der Waals surface area contributed by atoms with Gasteiger partial charge in [0, 0.05) is 19.1 Å². The van der Waals surface area contributed by atoms with E-state index in [1.165, 1.54) is 0 Å². The average molecular weight is 525 g/mol. The first-order valence-electron chi connectivity index (χ1n) is 12.1. The fourth-order valence-electron chi connectivity index (χ4n) is 3.93. The van der Waals surface area contributed by atoms with Gasteiger partial charge in [-0.05, 0) is 74.5 Å². The van der Waals surface area contributed by atoms with Crippen molar-refractivity contribution >= 4 is 33.5 Å². The van der Waals surface area contributed by atoms with Crippen LogP contribution in [0.1, 0.15) is 65.9 Å². The molecule has 35 heavy (non-hydrogen) atoms. The van der Waals surface area contributed by atoms with E-state index >= 15 is 0 Å². The molecule has 1 aromatic rings. The van der Waals surface area contributed by atoms with E-state index in [2.05, 4.69) is 52.7 Å². The summed E-state index contributed by atoms with van der Waals surface area (Å²) in [5, 5.41) is 6.00. The van der Waals surface area contributed by atoms with Gasteiger partial charge >= 0.3 is 0 Å². The maximum Gasteiger partial charge on any atom is 0.240 e. The molecular formula is C25H41ClN6O2S. The van der Waals surface area contributed by atoms with Crippen molar-refractivity contribution in [1.82, 2.24) is 15.4 Å². The normalized spacial score (nSPS) is 20.1. The lowest BCUT2D eigenvalue weighted by Gasteiger charge is -2.27. The van der Waals surface area contributed by atoms with Gasteiger partial charge in [-0.3, -0.25) is 10.3 Å². The van der Waals surface area contributed by atoms with Crippen LogP contribution in [0.2, 0.25) is 0 Å². The number of hydrogen-bond donors (Lipinski definition) is 4. The second-order valence-corrected chi connectivity index (χ2v) is 12.7. The van der Waals surface area contributed by atoms with Gasteiger partial charge < -0.3 is 11.1 Å². The van der Waals surface area contributed by atoms with Crippen LogP contribution in [-0.2, 0) is 15.4 Å². The van der Waals surface area contributed by atoms with E-state index in [0.717, 1.165) is 31.2 Å². The van der Waals surface area contributed by atoms with Crippen molar-refractivity contribution < 1.29 is 8.42 Å². The van der Waals surface area contributed by atoms with Crippen LogP contribution in [0.3, 0.4) is 0 Å². The number of sulfonamides is 1. The molecule has 1 fully saturated rings. The number of nitrogens with zero attached hydrogens (tertiary/aromatic N) is 2. The molecule has 2 rings (SSSR count). The molecule has 0 heterocycles. The summed E-state index contributed by atoms with van der Waals surface area (Å²) in [5.41, 5.74) is 7.12. The monoisotopic (exact) mass is 524 g/mol. The second-order valence-electron chi connectivity index (χ2n) is 10.5. The molecule has 196 valence electrons. The molecule has 0 atom stereocenters. The Morgan fingerprint density at radius 1 is 1.11 bits per heavy atom. The molecule has 1 saturated carbocycles. The Labute approximate surface area is 216 Å². The summed E-state index contributed by atoms with van der Waals surface area (Å²) in [6.07, 6.45) is 3.86. The summed E-state index contributed by atoms with van der Waals surface area (Å²) in [6, 6.07) is 7.20. The van der Waals surface area contributed by atoms with Crippen LogP contribution < -0.4 is 21.1 Å². The molecule has 5 N–H and O–H groups in total. The Kier molecular flexibility index (Phi) is 10.6. The van der Waals surface area contributed by atoms with Gasteiger partial charge in [-0.2, -0.15) is 0 Å². The van der Waals surface area contributed by atoms with Gasteiger partial charge in [0.2, 0.25) is 16.0 Å². The maximum atomic E-state index is 12.7. The molecule has 1 aliphatic carbocycles. The zero-order valence-corrected chi connectivity index (χ0v) is 23.1. The minimum absolute atomic E-state index is 0.0146. The first-order valence-corrected chi connectivity index (χ1v) is 14.0. The van der Waals surface area contributed by atoms with Gasteiger partial charge in [0.1, 0.15) is 5.16 Å². The molecule has 1 aliphatic rings. The quantitative estimate of drug-likeness (QED) is 0.232. The SMILES string of the molecule is C=C(Cl)NC(=NC(C)C)NC(N)=NCC1CCC(CNS(=O)(=O)c2ccc(C(C)(C)C)cc2)CC1. The molecule has 0 spiro atoms. The van der Waals surface area contributed by atoms with Crippen LogP contribution in [0.5, 0.6) is 0 Å². The van der Waals surface area contributed by atoms with Crippen molar-refractivity contribution in [1.29, 1.82) is 0 Å². The summed E-state index contributed by atoms with van der Waals surface area (Å²) < 4.78 is 28.2. The number of guanidine groups is 2. The Hall–Kier alpha value is -2.10. The van der Waals surface area contributed by atoms with Gasteiger partial charge in [-0.15, -0.1) is 0 Å². The van der Waals surface area contributed by atoms with E-state index in [0.29, 0.717) is 35.8 Å². The highest BCUT2D eigenvalue weighted by atomic mass is 35.5. The fourth-order valence-corrected chi connectivity index (χ4v) is 5.14. The molecule has 8 nitrogen and oxygen atoms in total. The van der Waals surface area contributed by atoms with E-state index in [-0.39, 0.29) is 22.6 Å². The third-order valence-electron chi connectivity index (χ3n) is 5.97. The first-order chi connectivity index (χ1) is 16.3. The van der Waals surface area contributed by atoms with Gasteiger partial charge in [-0.25, -0.2) is 18.1 Å². The van der Waals surface area contributed by atoms with Gasteiger partial charge in [0.05, 0.1) is 4.90 Å². The van der Waals surface area contributed by atoms with Crippen LogP contribution in [-0.4, -0.2) is 39.5 Å². The lowest BCUT2D eigenvalue weighted by Crippen LogP contribution is -2.44. The Morgan fingerprint density at radius 2 is 1.69 bits per heavy atom. The number of hydrogen-bond acceptors (Lipinski definition) is 4. The largest absolute Gasteiger partial charge is 0.370 e. The Morgan fingerprint density at radius 3 is 2.20 bits per heavy atom. The molecule has 0 radical (unpaired) electrons. The highest BCUT2D eigenvalue weighted by Gasteiger charge is 2.24. The summed E-state index contributed by atoms with van der Waals surface area (Å²) in [7, 11) is -3.52. The number of aliphatic imine (C=N–C) groups is 2. The van der Waals surface area contributed by atoms with Crippen LogP contribution in [0, 0.1) is 11.8 Å². The summed E-state index contributed by atoms with van der Waals surface area (Å²) in [5.74, 6) is 1.40. The number of rotatable bonds is 8. The van der Waals surface area contributed by atoms with Crippen molar-refractivity contribution in [3.63, 3.8) is 0 Å². The zero-order valence-electron chi connectivity index (χ0n) is 21.6. The predicted octanol–water partition coefficient (Wildman–Crippen LogP) is 4.04. The summed E-state index contributed by atoms with van der Waals surface area (Å²) in [4.78, 5) is 9.13. The molecule has 0 saturated heterocycles. The number of benzene rings is 1. The van der Waals surface area contributed by atoms with Crippen molar-refractivity contribution in [2.75, 3.05) is 13.1 Å². The van der Waals surface area contributed by atoms with E-state index in [4.69, 9.17) is 17.3 Å². The topological polar surface area (TPSA) is 121 Å². The molecule has 0 aromatic heterocycles. The average Bonchev–Trinajstić information content (AvgIpc) is 2.75. The molecule has 0 aliphatic heterocycles. The maximum absolute atomic E-state index is 12.7. The van der Waals surface area contributed by atoms with Crippen LogP contribution in [0.25, 0.3) is 0 Å². The molecule has 1 aromatic carbocycles. The number of nitrogens with one attached hydrogen (secondary N) is 3. The van der Waals surface area contributed by atoms with Crippen molar-refractivity contribution in [2.45, 2.75) is 76.7 Å². The molecule has 0 bridgehead atoms. The molecular weight excluding hydrogens is 484 g/mol. The lowest BCUT2D eigenvalue weighted by molar-refractivity contribution is 0.280. The van der Waals surface area contributed by atoms with Gasteiger partial charge in [0.25, 0.3) is 0 Å². The molecule has 0 amide bonds. The predicted molar refractivity (Wildman–Crippen MR) is 146 cm³/mol. The Bertz CT molecular complexity index is 1010. The highest BCUT2D eigenvalue weighted by molar-refractivity contribution is 7.89. The smallest absolute Gasteiger partial charge is 0.240 e. The lowest BCUT2D eigenvalue weighted by atomic mass is 9.82. The van der Waals surface area contributed by atoms with E-state index < -0.39 is 10.0 Å². The van der Waals surface area contributed by atoms with Crippen LogP contribution in [0.4, 0.5) is 0 Å². The molecule has 10 heteroatoms. The number of halogens is 1. The van der Waals surface area contributed by atoms with Crippen molar-refractivity contribution in [2.24, 2.45) is 27.6 Å². The third-order valence-corrected chi connectivity index (χ3v) is 7.50. The second kappa shape index (κ2) is 12.7. The summed E-state index contributed by atoms with van der Waals surface area (Å²) >= 11 is 5.81. The Balaban J connectivity index is 1.81. The van der Waals surface area contributed by atoms with Crippen LogP contribution in [0.15, 0.2) is 50.9 Å². The first kappa shape index (κ1) is 29.1. The van der Waals surface area contributed by atoms with E-state index in [1.807, 2.05) is 26.0 Å². The molecule has 0 unspecified atom stereocenters. The number of nitrogens with two attached hydrogens (primary N) is 1. The fraction of sp³-hybridized carbons (Fsp3) is 0.600. The van der Waals surface area contributed by atoms with E-state index in [9.17, 15) is 8.42 Å². The standard InChI is InChI=1S/C25H41ClN6O2S/c1-17(2)30-24(31-18(3)26)32-23(27)28-15-19-7-9-20(10-8-19)16-29-35(33,34)22-13-11-21(12-14-22)25(4,5)6/h11-14,17,19-20,29H,3,7-10,15-16H2,1-2,4-6H3,(H4,27,28,30,31,32). The zero-order chi connectivity index (χ0) is 26.2. The van der Waals surface area contributed by atoms with Gasteiger partial charge in [0.15, 0.2) is 5.96 Å². The summed E-state index contributed by atoms with van der Waals surface area (Å²) in [6.45, 7) is 14.9. The van der Waals surface area contributed by atoms with Gasteiger partial charge in [-0.1, -0.05) is 51.1 Å². The highest BCUT2D eigenvalue weighted by Crippen LogP contribution is 2.29. The third kappa shape index (κ3) is 10.2. The minimum atomic E-state index is -3.52.